The Bertz CT molecular complexity index is 1520. The van der Waals surface area contributed by atoms with Crippen molar-refractivity contribution < 1.29 is 28.6 Å². The molecule has 1 aliphatic carbocycles. The zero-order valence-corrected chi connectivity index (χ0v) is 22.8. The first-order chi connectivity index (χ1) is 19.9. The smallest absolute Gasteiger partial charge is 0.238 e. The molecule has 41 heavy (non-hydrogen) atoms. The fraction of sp³-hybridized carbons (Fsp3) is 0.294. The van der Waals surface area contributed by atoms with Crippen LogP contribution in [0.5, 0.6) is 11.5 Å². The van der Waals surface area contributed by atoms with Gasteiger partial charge in [-0.2, -0.15) is 0 Å². The van der Waals surface area contributed by atoms with E-state index < -0.39 is 17.7 Å². The molecule has 6 nitrogen and oxygen atoms in total. The molecule has 4 atom stereocenters. The lowest BCUT2D eigenvalue weighted by Crippen LogP contribution is -2.35. The third kappa shape index (κ3) is 5.30. The molecule has 2 fully saturated rings. The van der Waals surface area contributed by atoms with Crippen LogP contribution in [0.1, 0.15) is 31.7 Å². The average Bonchev–Trinajstić information content (AvgIpc) is 3.51. The van der Waals surface area contributed by atoms with Gasteiger partial charge in [0.25, 0.3) is 0 Å². The number of halogens is 1. The molecule has 0 unspecified atom stereocenters. The van der Waals surface area contributed by atoms with E-state index in [9.17, 15) is 19.1 Å². The molecule has 2 heterocycles. The van der Waals surface area contributed by atoms with Gasteiger partial charge in [0.15, 0.2) is 11.6 Å². The summed E-state index contributed by atoms with van der Waals surface area (Å²) in [4.78, 5) is 28.7. The lowest BCUT2D eigenvalue weighted by Gasteiger charge is -2.31. The van der Waals surface area contributed by atoms with E-state index in [-0.39, 0.29) is 29.6 Å². The van der Waals surface area contributed by atoms with E-state index >= 15 is 0 Å². The summed E-state index contributed by atoms with van der Waals surface area (Å²) in [7, 11) is 0. The normalized spacial score (nSPS) is 24.0. The van der Waals surface area contributed by atoms with Crippen LogP contribution in [-0.2, 0) is 14.3 Å². The van der Waals surface area contributed by atoms with E-state index in [1.807, 2.05) is 61.5 Å². The SMILES string of the molecule is C/C(=C\c1ccc(O)c(F)c1)CC[C@H]1OC[C@H]2C1=C(COc1ccccc1)C[C@H]1C(=O)N(c3ccccc3)C(=O)[C@H]12. The Labute approximate surface area is 238 Å². The van der Waals surface area contributed by atoms with Crippen molar-refractivity contribution >= 4 is 23.6 Å². The quantitative estimate of drug-likeness (QED) is 0.261. The van der Waals surface area contributed by atoms with E-state index in [4.69, 9.17) is 9.47 Å². The van der Waals surface area contributed by atoms with Crippen molar-refractivity contribution in [3.05, 3.63) is 107 Å². The van der Waals surface area contributed by atoms with Crippen LogP contribution in [0, 0.1) is 23.6 Å². The van der Waals surface area contributed by atoms with Gasteiger partial charge in [-0.25, -0.2) is 4.39 Å². The average molecular weight is 554 g/mol. The molecule has 2 amide bonds. The predicted octanol–water partition coefficient (Wildman–Crippen LogP) is 6.31. The minimum Gasteiger partial charge on any atom is -0.505 e. The van der Waals surface area contributed by atoms with Crippen molar-refractivity contribution in [3.63, 3.8) is 0 Å². The second-order valence-corrected chi connectivity index (χ2v) is 11.0. The van der Waals surface area contributed by atoms with Crippen LogP contribution in [0.3, 0.4) is 0 Å². The summed E-state index contributed by atoms with van der Waals surface area (Å²) >= 11 is 0. The van der Waals surface area contributed by atoms with Gasteiger partial charge < -0.3 is 14.6 Å². The van der Waals surface area contributed by atoms with Gasteiger partial charge in [0.1, 0.15) is 12.4 Å². The minimum absolute atomic E-state index is 0.161. The van der Waals surface area contributed by atoms with Crippen molar-refractivity contribution in [2.24, 2.45) is 17.8 Å². The topological polar surface area (TPSA) is 76.1 Å². The number of nitrogens with zero attached hydrogens (tertiary/aromatic N) is 1. The Morgan fingerprint density at radius 3 is 2.49 bits per heavy atom. The lowest BCUT2D eigenvalue weighted by atomic mass is 9.69. The van der Waals surface area contributed by atoms with E-state index in [1.54, 1.807) is 18.2 Å². The highest BCUT2D eigenvalue weighted by Crippen LogP contribution is 2.50. The number of benzene rings is 3. The van der Waals surface area contributed by atoms with E-state index in [0.29, 0.717) is 43.7 Å². The molecule has 3 aromatic carbocycles. The monoisotopic (exact) mass is 553 g/mol. The summed E-state index contributed by atoms with van der Waals surface area (Å²) in [6.45, 7) is 2.69. The van der Waals surface area contributed by atoms with Crippen molar-refractivity contribution in [1.82, 2.24) is 0 Å². The maximum absolute atomic E-state index is 13.8. The molecule has 2 saturated heterocycles. The Kier molecular flexibility index (Phi) is 7.45. The highest BCUT2D eigenvalue weighted by Gasteiger charge is 2.57. The Hall–Kier alpha value is -4.23. The highest BCUT2D eigenvalue weighted by atomic mass is 19.1. The molecule has 0 bridgehead atoms. The van der Waals surface area contributed by atoms with Crippen LogP contribution in [0.2, 0.25) is 0 Å². The number of fused-ring (bicyclic) bond motifs is 3. The number of rotatable bonds is 8. The van der Waals surface area contributed by atoms with Crippen molar-refractivity contribution in [1.29, 1.82) is 0 Å². The largest absolute Gasteiger partial charge is 0.505 e. The van der Waals surface area contributed by atoms with Crippen LogP contribution in [-0.4, -0.2) is 36.2 Å². The van der Waals surface area contributed by atoms with Crippen LogP contribution < -0.4 is 9.64 Å². The van der Waals surface area contributed by atoms with Gasteiger partial charge in [-0.3, -0.25) is 14.5 Å². The first-order valence-electron chi connectivity index (χ1n) is 14.0. The number of anilines is 1. The van der Waals surface area contributed by atoms with Crippen LogP contribution in [0.25, 0.3) is 6.08 Å². The summed E-state index contributed by atoms with van der Waals surface area (Å²) in [6, 6.07) is 23.0. The molecular weight excluding hydrogens is 521 g/mol. The van der Waals surface area contributed by atoms with Gasteiger partial charge in [-0.1, -0.05) is 54.1 Å². The number of phenolic OH excluding ortho intramolecular Hbond substituents is 1. The number of amides is 2. The van der Waals surface area contributed by atoms with Gasteiger partial charge >= 0.3 is 0 Å². The van der Waals surface area contributed by atoms with Gasteiger partial charge in [-0.15, -0.1) is 0 Å². The second-order valence-electron chi connectivity index (χ2n) is 11.0. The summed E-state index contributed by atoms with van der Waals surface area (Å²) in [5.41, 5.74) is 4.43. The number of carbonyl (C=O) groups is 2. The molecule has 0 saturated carbocycles. The van der Waals surface area contributed by atoms with E-state index in [1.165, 1.54) is 17.0 Å². The molecule has 0 radical (unpaired) electrons. The van der Waals surface area contributed by atoms with Crippen molar-refractivity contribution in [2.45, 2.75) is 32.3 Å². The third-order valence-corrected chi connectivity index (χ3v) is 8.36. The van der Waals surface area contributed by atoms with Crippen molar-refractivity contribution in [3.8, 4) is 11.5 Å². The fourth-order valence-electron chi connectivity index (χ4n) is 6.45. The predicted molar refractivity (Wildman–Crippen MR) is 154 cm³/mol. The van der Waals surface area contributed by atoms with Crippen LogP contribution in [0.4, 0.5) is 10.1 Å². The number of imide groups is 1. The van der Waals surface area contributed by atoms with Gasteiger partial charge in [0, 0.05) is 5.92 Å². The Morgan fingerprint density at radius 2 is 1.76 bits per heavy atom. The number of carbonyl (C=O) groups excluding carboxylic acids is 2. The number of allylic oxidation sites excluding steroid dienone is 1. The second kappa shape index (κ2) is 11.3. The molecular formula is C34H32FNO5. The summed E-state index contributed by atoms with van der Waals surface area (Å²) < 4.78 is 26.3. The molecule has 6 rings (SSSR count). The number of ether oxygens (including phenoxy) is 2. The van der Waals surface area contributed by atoms with Gasteiger partial charge in [0.05, 0.1) is 30.2 Å². The number of phenols is 1. The molecule has 7 heteroatoms. The minimum atomic E-state index is -0.654. The Morgan fingerprint density at radius 1 is 1.02 bits per heavy atom. The maximum Gasteiger partial charge on any atom is 0.238 e. The van der Waals surface area contributed by atoms with Crippen LogP contribution >= 0.6 is 0 Å². The summed E-state index contributed by atoms with van der Waals surface area (Å²) in [6.07, 6.45) is 3.54. The van der Waals surface area contributed by atoms with Crippen LogP contribution in [0.15, 0.2) is 95.6 Å². The summed E-state index contributed by atoms with van der Waals surface area (Å²) in [5, 5.41) is 9.48. The first-order valence-corrected chi connectivity index (χ1v) is 14.0. The fourth-order valence-corrected chi connectivity index (χ4v) is 6.45. The molecule has 0 aromatic heterocycles. The van der Waals surface area contributed by atoms with E-state index in [2.05, 4.69) is 0 Å². The number of hydrogen-bond donors (Lipinski definition) is 1. The zero-order valence-electron chi connectivity index (χ0n) is 22.8. The maximum atomic E-state index is 13.8. The molecule has 2 aliphatic heterocycles. The standard InChI is InChI=1S/C34H32FNO5/c1-21(16-22-13-14-29(37)28(35)17-22)12-15-30-31-23(19-40-25-10-6-3-7-11-25)18-26-32(27(31)20-41-30)34(39)36(33(26)38)24-8-4-2-5-9-24/h2-11,13-14,16-17,26-27,30,32,37H,12,15,18-20H2,1H3/b21-16+/t26-,27+,30-,32-/m1/s1. The molecule has 0 spiro atoms. The van der Waals surface area contributed by atoms with Crippen molar-refractivity contribution in [2.75, 3.05) is 18.1 Å². The number of para-hydroxylation sites is 2. The molecule has 1 N–H and O–H groups in total. The molecule has 3 aromatic rings. The molecule has 3 aliphatic rings. The number of aromatic hydroxyl groups is 1. The van der Waals surface area contributed by atoms with Gasteiger partial charge in [0.2, 0.25) is 11.8 Å². The Balaban J connectivity index is 1.26. The zero-order chi connectivity index (χ0) is 28.5. The first kappa shape index (κ1) is 27.0. The highest BCUT2D eigenvalue weighted by molar-refractivity contribution is 6.22. The lowest BCUT2D eigenvalue weighted by molar-refractivity contribution is -0.122. The number of hydrogen-bond acceptors (Lipinski definition) is 5. The molecule has 210 valence electrons. The van der Waals surface area contributed by atoms with E-state index in [0.717, 1.165) is 22.5 Å². The third-order valence-electron chi connectivity index (χ3n) is 8.36. The summed E-state index contributed by atoms with van der Waals surface area (Å²) in [5.74, 6) is -1.69. The van der Waals surface area contributed by atoms with Gasteiger partial charge in [-0.05, 0) is 79.3 Å².